The SMILES string of the molecule is CC(C)(C)OC(=O)N1C[C@H](NOCc2ccccc2)CC[C@H]1C(O)ON1C(=O)CCC1=O. The fourth-order valence-corrected chi connectivity index (χ4v) is 3.58. The lowest BCUT2D eigenvalue weighted by atomic mass is 9.98. The van der Waals surface area contributed by atoms with Gasteiger partial charge in [0.1, 0.15) is 5.60 Å². The van der Waals surface area contributed by atoms with Gasteiger partial charge in [0.15, 0.2) is 0 Å². The molecule has 3 amide bonds. The van der Waals surface area contributed by atoms with Gasteiger partial charge in [0.25, 0.3) is 11.8 Å². The van der Waals surface area contributed by atoms with Crippen LogP contribution >= 0.6 is 0 Å². The molecule has 176 valence electrons. The summed E-state index contributed by atoms with van der Waals surface area (Å²) in [7, 11) is 0. The van der Waals surface area contributed by atoms with Crippen LogP contribution in [0.1, 0.15) is 52.0 Å². The van der Waals surface area contributed by atoms with Crippen molar-refractivity contribution in [3.8, 4) is 0 Å². The molecule has 2 saturated heterocycles. The fraction of sp³-hybridized carbons (Fsp3) is 0.591. The molecular formula is C22H31N3O7. The number of carbonyl (C=O) groups is 3. The average molecular weight is 450 g/mol. The largest absolute Gasteiger partial charge is 0.444 e. The van der Waals surface area contributed by atoms with Gasteiger partial charge in [0.05, 0.1) is 18.7 Å². The summed E-state index contributed by atoms with van der Waals surface area (Å²) in [5.41, 5.74) is 3.24. The Morgan fingerprint density at radius 2 is 1.81 bits per heavy atom. The lowest BCUT2D eigenvalue weighted by Gasteiger charge is -2.41. The van der Waals surface area contributed by atoms with Gasteiger partial charge in [0, 0.05) is 19.4 Å². The number of rotatable bonds is 7. The fourth-order valence-electron chi connectivity index (χ4n) is 3.58. The summed E-state index contributed by atoms with van der Waals surface area (Å²) >= 11 is 0. The molecule has 32 heavy (non-hydrogen) atoms. The Hall–Kier alpha value is -2.53. The molecule has 2 aliphatic heterocycles. The predicted molar refractivity (Wildman–Crippen MR) is 112 cm³/mol. The number of likely N-dealkylation sites (tertiary alicyclic amines) is 1. The molecule has 0 bridgehead atoms. The number of nitrogens with zero attached hydrogens (tertiary/aromatic N) is 2. The first-order valence-corrected chi connectivity index (χ1v) is 10.8. The van der Waals surface area contributed by atoms with Gasteiger partial charge in [-0.25, -0.2) is 9.63 Å². The van der Waals surface area contributed by atoms with Gasteiger partial charge >= 0.3 is 6.09 Å². The smallest absolute Gasteiger partial charge is 0.410 e. The molecule has 1 unspecified atom stereocenters. The van der Waals surface area contributed by atoms with Crippen LogP contribution < -0.4 is 5.48 Å². The number of hydrogen-bond acceptors (Lipinski definition) is 8. The zero-order chi connectivity index (χ0) is 23.3. The molecule has 2 fully saturated rings. The number of carbonyl (C=O) groups excluding carboxylic acids is 3. The summed E-state index contributed by atoms with van der Waals surface area (Å²) in [6.45, 7) is 5.79. The monoisotopic (exact) mass is 449 g/mol. The van der Waals surface area contributed by atoms with Gasteiger partial charge in [-0.1, -0.05) is 30.3 Å². The Kier molecular flexibility index (Phi) is 7.83. The second kappa shape index (κ2) is 10.4. The molecule has 3 atom stereocenters. The number of benzene rings is 1. The maximum absolute atomic E-state index is 12.9. The van der Waals surface area contributed by atoms with E-state index in [1.165, 1.54) is 4.90 Å². The number of imide groups is 1. The molecule has 10 heteroatoms. The lowest BCUT2D eigenvalue weighted by Crippen LogP contribution is -2.58. The molecule has 10 nitrogen and oxygen atoms in total. The van der Waals surface area contributed by atoms with E-state index in [1.807, 2.05) is 30.3 Å². The van der Waals surface area contributed by atoms with E-state index in [4.69, 9.17) is 14.4 Å². The van der Waals surface area contributed by atoms with Gasteiger partial charge in [-0.2, -0.15) is 10.5 Å². The van der Waals surface area contributed by atoms with Crippen LogP contribution in [0.25, 0.3) is 0 Å². The van der Waals surface area contributed by atoms with Crippen LogP contribution in [0, 0.1) is 0 Å². The summed E-state index contributed by atoms with van der Waals surface area (Å²) in [5.74, 6) is -1.02. The maximum Gasteiger partial charge on any atom is 0.410 e. The van der Waals surface area contributed by atoms with Crippen LogP contribution in [-0.4, -0.2) is 63.5 Å². The predicted octanol–water partition coefficient (Wildman–Crippen LogP) is 1.87. The quantitative estimate of drug-likeness (QED) is 0.368. The maximum atomic E-state index is 12.9. The van der Waals surface area contributed by atoms with Crippen molar-refractivity contribution in [2.75, 3.05) is 6.54 Å². The number of ether oxygens (including phenoxy) is 1. The van der Waals surface area contributed by atoms with Crippen LogP contribution in [-0.2, 0) is 30.6 Å². The number of hydrogen-bond donors (Lipinski definition) is 2. The van der Waals surface area contributed by atoms with Gasteiger partial charge in [-0.3, -0.25) is 19.3 Å². The molecule has 0 aromatic heterocycles. The third-order valence-electron chi connectivity index (χ3n) is 5.14. The Morgan fingerprint density at radius 3 is 2.44 bits per heavy atom. The first-order chi connectivity index (χ1) is 15.1. The minimum Gasteiger partial charge on any atom is -0.444 e. The number of nitrogens with one attached hydrogen (secondary N) is 1. The number of hydroxylamine groups is 3. The summed E-state index contributed by atoms with van der Waals surface area (Å²) < 4.78 is 5.50. The minimum atomic E-state index is -1.56. The average Bonchev–Trinajstić information content (AvgIpc) is 3.05. The topological polar surface area (TPSA) is 118 Å². The van der Waals surface area contributed by atoms with E-state index in [0.29, 0.717) is 24.5 Å². The first kappa shape index (κ1) is 24.1. The molecule has 0 aliphatic carbocycles. The molecule has 0 saturated carbocycles. The Balaban J connectivity index is 1.63. The molecule has 1 aromatic rings. The molecular weight excluding hydrogens is 418 g/mol. The van der Waals surface area contributed by atoms with Crippen LogP contribution in [0.15, 0.2) is 30.3 Å². The second-order valence-corrected chi connectivity index (χ2v) is 8.94. The van der Waals surface area contributed by atoms with E-state index in [2.05, 4.69) is 5.48 Å². The lowest BCUT2D eigenvalue weighted by molar-refractivity contribution is -0.261. The van der Waals surface area contributed by atoms with Gasteiger partial charge < -0.3 is 9.84 Å². The van der Waals surface area contributed by atoms with E-state index >= 15 is 0 Å². The normalized spacial score (nSPS) is 22.9. The van der Waals surface area contributed by atoms with Crippen molar-refractivity contribution in [3.05, 3.63) is 35.9 Å². The molecule has 3 rings (SSSR count). The van der Waals surface area contributed by atoms with Gasteiger partial charge in [0.2, 0.25) is 6.29 Å². The summed E-state index contributed by atoms with van der Waals surface area (Å²) in [5, 5.41) is 11.2. The van der Waals surface area contributed by atoms with E-state index in [1.54, 1.807) is 20.8 Å². The summed E-state index contributed by atoms with van der Waals surface area (Å²) in [6.07, 6.45) is -1.18. The molecule has 0 radical (unpaired) electrons. The summed E-state index contributed by atoms with van der Waals surface area (Å²) in [6, 6.07) is 8.66. The zero-order valence-corrected chi connectivity index (χ0v) is 18.7. The van der Waals surface area contributed by atoms with Crippen LogP contribution in [0.3, 0.4) is 0 Å². The molecule has 1 aromatic carbocycles. The Morgan fingerprint density at radius 1 is 1.16 bits per heavy atom. The highest BCUT2D eigenvalue weighted by molar-refractivity contribution is 6.00. The molecule has 2 heterocycles. The molecule has 2 aliphatic rings. The minimum absolute atomic E-state index is 0.0384. The van der Waals surface area contributed by atoms with Crippen LogP contribution in [0.5, 0.6) is 0 Å². The van der Waals surface area contributed by atoms with Crippen LogP contribution in [0.2, 0.25) is 0 Å². The van der Waals surface area contributed by atoms with Crippen molar-refractivity contribution < 1.29 is 33.9 Å². The number of aliphatic hydroxyl groups excluding tert-OH is 1. The van der Waals surface area contributed by atoms with Crippen LogP contribution in [0.4, 0.5) is 4.79 Å². The second-order valence-electron chi connectivity index (χ2n) is 8.94. The van der Waals surface area contributed by atoms with Crippen molar-refractivity contribution in [1.82, 2.24) is 15.4 Å². The summed E-state index contributed by atoms with van der Waals surface area (Å²) in [4.78, 5) is 48.7. The highest BCUT2D eigenvalue weighted by Crippen LogP contribution is 2.25. The van der Waals surface area contributed by atoms with E-state index in [0.717, 1.165) is 5.56 Å². The van der Waals surface area contributed by atoms with Gasteiger partial charge in [-0.15, -0.1) is 0 Å². The zero-order valence-electron chi connectivity index (χ0n) is 18.7. The van der Waals surface area contributed by atoms with E-state index in [-0.39, 0.29) is 25.4 Å². The van der Waals surface area contributed by atoms with Crippen molar-refractivity contribution in [1.29, 1.82) is 0 Å². The van der Waals surface area contributed by atoms with E-state index in [9.17, 15) is 19.5 Å². The number of piperidine rings is 1. The van der Waals surface area contributed by atoms with E-state index < -0.39 is 35.8 Å². The van der Waals surface area contributed by atoms with Gasteiger partial charge in [-0.05, 0) is 39.2 Å². The molecule has 2 N–H and O–H groups in total. The third kappa shape index (κ3) is 6.49. The standard InChI is InChI=1S/C22H31N3O7/c1-22(2,3)31-21(29)24-13-16(23-30-14-15-7-5-4-6-8-15)9-10-17(24)20(28)32-25-18(26)11-12-19(25)27/h4-8,16-17,20,23,28H,9-14H2,1-3H3/t16-,17+,20?/m1/s1. The first-order valence-electron chi connectivity index (χ1n) is 10.8. The van der Waals surface area contributed by atoms with Crippen molar-refractivity contribution >= 4 is 17.9 Å². The highest BCUT2D eigenvalue weighted by atomic mass is 16.8. The number of amides is 3. The number of aliphatic hydroxyl groups is 1. The third-order valence-corrected chi connectivity index (χ3v) is 5.14. The van der Waals surface area contributed by atoms with Crippen molar-refractivity contribution in [2.45, 2.75) is 77.0 Å². The highest BCUT2D eigenvalue weighted by Gasteiger charge is 2.41. The Labute approximate surface area is 187 Å². The Bertz CT molecular complexity index is 795. The molecule has 0 spiro atoms. The van der Waals surface area contributed by atoms with Crippen molar-refractivity contribution in [3.63, 3.8) is 0 Å². The van der Waals surface area contributed by atoms with Crippen molar-refractivity contribution in [2.24, 2.45) is 0 Å².